The Morgan fingerprint density at radius 2 is 2.12 bits per heavy atom. The van der Waals surface area contributed by atoms with Crippen LogP contribution in [0.5, 0.6) is 0 Å². The number of halogens is 2. The number of nitrogens with one attached hydrogen (secondary N) is 1. The lowest BCUT2D eigenvalue weighted by molar-refractivity contribution is 0.0398. The van der Waals surface area contributed by atoms with E-state index in [1.54, 1.807) is 0 Å². The maximum absolute atomic E-state index is 6.10. The first kappa shape index (κ1) is 13.1. The third kappa shape index (κ3) is 4.14. The molecule has 0 amide bonds. The maximum atomic E-state index is 6.10. The lowest BCUT2D eigenvalue weighted by atomic mass is 10.3. The van der Waals surface area contributed by atoms with E-state index in [4.69, 9.17) is 16.3 Å². The lowest BCUT2D eigenvalue weighted by Crippen LogP contribution is -2.39. The van der Waals surface area contributed by atoms with Crippen molar-refractivity contribution in [2.24, 2.45) is 0 Å². The first-order chi connectivity index (χ1) is 8.25. The van der Waals surface area contributed by atoms with Crippen molar-refractivity contribution in [3.63, 3.8) is 0 Å². The molecule has 1 fully saturated rings. The standard InChI is InChI=1S/C12H16BrClN2O/c13-10-1-2-11(14)12(9-10)15-3-4-16-5-7-17-8-6-16/h1-2,9,15H,3-8H2. The number of hydrogen-bond acceptors (Lipinski definition) is 3. The third-order valence-corrected chi connectivity index (χ3v) is 3.60. The highest BCUT2D eigenvalue weighted by molar-refractivity contribution is 9.10. The van der Waals surface area contributed by atoms with Crippen LogP contribution in [-0.2, 0) is 4.74 Å². The first-order valence-electron chi connectivity index (χ1n) is 5.75. The second-order valence-electron chi connectivity index (χ2n) is 4.00. The highest BCUT2D eigenvalue weighted by Crippen LogP contribution is 2.25. The number of rotatable bonds is 4. The van der Waals surface area contributed by atoms with Gasteiger partial charge in [0.25, 0.3) is 0 Å². The molecule has 1 N–H and O–H groups in total. The smallest absolute Gasteiger partial charge is 0.0638 e. The molecule has 3 nitrogen and oxygen atoms in total. The Bertz CT molecular complexity index is 370. The minimum atomic E-state index is 0.759. The summed E-state index contributed by atoms with van der Waals surface area (Å²) in [5, 5.41) is 4.12. The summed E-state index contributed by atoms with van der Waals surface area (Å²) in [4.78, 5) is 2.39. The van der Waals surface area contributed by atoms with Crippen molar-refractivity contribution in [3.05, 3.63) is 27.7 Å². The SMILES string of the molecule is Clc1ccc(Br)cc1NCCN1CCOCC1. The van der Waals surface area contributed by atoms with Crippen LogP contribution in [0.25, 0.3) is 0 Å². The summed E-state index contributed by atoms with van der Waals surface area (Å²) in [6.07, 6.45) is 0. The minimum absolute atomic E-state index is 0.759. The van der Waals surface area contributed by atoms with Crippen LogP contribution in [0.4, 0.5) is 5.69 Å². The molecule has 1 heterocycles. The van der Waals surface area contributed by atoms with Crippen LogP contribution in [0, 0.1) is 0 Å². The Labute approximate surface area is 115 Å². The molecule has 1 aliphatic heterocycles. The minimum Gasteiger partial charge on any atom is -0.383 e. The Kier molecular flexibility index (Phi) is 5.10. The second kappa shape index (κ2) is 6.59. The van der Waals surface area contributed by atoms with Crippen molar-refractivity contribution >= 4 is 33.2 Å². The van der Waals surface area contributed by atoms with Gasteiger partial charge in [0.2, 0.25) is 0 Å². The number of anilines is 1. The van der Waals surface area contributed by atoms with Gasteiger partial charge in [-0.1, -0.05) is 27.5 Å². The van der Waals surface area contributed by atoms with E-state index >= 15 is 0 Å². The van der Waals surface area contributed by atoms with E-state index < -0.39 is 0 Å². The van der Waals surface area contributed by atoms with Gasteiger partial charge < -0.3 is 10.1 Å². The summed E-state index contributed by atoms with van der Waals surface area (Å²) in [7, 11) is 0. The van der Waals surface area contributed by atoms with Gasteiger partial charge in [0.1, 0.15) is 0 Å². The zero-order chi connectivity index (χ0) is 12.1. The fraction of sp³-hybridized carbons (Fsp3) is 0.500. The number of morpholine rings is 1. The fourth-order valence-corrected chi connectivity index (χ4v) is 2.35. The van der Waals surface area contributed by atoms with Crippen molar-refractivity contribution in [1.82, 2.24) is 4.90 Å². The molecule has 1 aliphatic rings. The predicted molar refractivity (Wildman–Crippen MR) is 74.9 cm³/mol. The van der Waals surface area contributed by atoms with Crippen LogP contribution in [-0.4, -0.2) is 44.3 Å². The monoisotopic (exact) mass is 318 g/mol. The molecule has 0 spiro atoms. The van der Waals surface area contributed by atoms with Crippen LogP contribution < -0.4 is 5.32 Å². The molecular formula is C12H16BrClN2O. The molecule has 0 atom stereocenters. The fourth-order valence-electron chi connectivity index (χ4n) is 1.81. The van der Waals surface area contributed by atoms with Gasteiger partial charge in [-0.05, 0) is 18.2 Å². The van der Waals surface area contributed by atoms with Crippen LogP contribution in [0.3, 0.4) is 0 Å². The van der Waals surface area contributed by atoms with Gasteiger partial charge in [-0.3, -0.25) is 4.90 Å². The van der Waals surface area contributed by atoms with Crippen molar-refractivity contribution < 1.29 is 4.74 Å². The van der Waals surface area contributed by atoms with Gasteiger partial charge in [0, 0.05) is 30.7 Å². The Hall–Kier alpha value is -0.290. The number of hydrogen-bond donors (Lipinski definition) is 1. The molecule has 1 saturated heterocycles. The highest BCUT2D eigenvalue weighted by Gasteiger charge is 2.09. The van der Waals surface area contributed by atoms with Crippen molar-refractivity contribution in [3.8, 4) is 0 Å². The predicted octanol–water partition coefficient (Wildman–Crippen LogP) is 2.85. The summed E-state index contributed by atoms with van der Waals surface area (Å²) >= 11 is 9.54. The quantitative estimate of drug-likeness (QED) is 0.923. The molecule has 94 valence electrons. The van der Waals surface area contributed by atoms with Gasteiger partial charge in [0.05, 0.1) is 23.9 Å². The van der Waals surface area contributed by atoms with Crippen LogP contribution in [0.2, 0.25) is 5.02 Å². The van der Waals surface area contributed by atoms with Crippen molar-refractivity contribution in [1.29, 1.82) is 0 Å². The molecule has 0 saturated carbocycles. The van der Waals surface area contributed by atoms with E-state index in [2.05, 4.69) is 26.1 Å². The zero-order valence-corrected chi connectivity index (χ0v) is 11.9. The number of ether oxygens (including phenoxy) is 1. The van der Waals surface area contributed by atoms with Gasteiger partial charge in [0.15, 0.2) is 0 Å². The molecule has 17 heavy (non-hydrogen) atoms. The maximum Gasteiger partial charge on any atom is 0.0638 e. The molecule has 5 heteroatoms. The van der Waals surface area contributed by atoms with E-state index in [1.807, 2.05) is 18.2 Å². The molecule has 0 aliphatic carbocycles. The van der Waals surface area contributed by atoms with E-state index in [0.717, 1.165) is 54.6 Å². The summed E-state index contributed by atoms with van der Waals surface area (Å²) < 4.78 is 6.35. The van der Waals surface area contributed by atoms with E-state index in [9.17, 15) is 0 Å². The van der Waals surface area contributed by atoms with Crippen LogP contribution >= 0.6 is 27.5 Å². The molecule has 1 aromatic rings. The van der Waals surface area contributed by atoms with E-state index in [1.165, 1.54) is 0 Å². The van der Waals surface area contributed by atoms with E-state index in [0.29, 0.717) is 0 Å². The zero-order valence-electron chi connectivity index (χ0n) is 9.59. The highest BCUT2D eigenvalue weighted by atomic mass is 79.9. The Morgan fingerprint density at radius 1 is 1.35 bits per heavy atom. The summed E-state index contributed by atoms with van der Waals surface area (Å²) in [5.41, 5.74) is 0.981. The molecule has 0 radical (unpaired) electrons. The first-order valence-corrected chi connectivity index (χ1v) is 6.92. The Balaban J connectivity index is 1.79. The molecular weight excluding hydrogens is 304 g/mol. The molecule has 0 bridgehead atoms. The number of benzene rings is 1. The third-order valence-electron chi connectivity index (χ3n) is 2.78. The topological polar surface area (TPSA) is 24.5 Å². The van der Waals surface area contributed by atoms with Crippen molar-refractivity contribution in [2.45, 2.75) is 0 Å². The molecule has 1 aromatic carbocycles. The van der Waals surface area contributed by atoms with Gasteiger partial charge in [-0.25, -0.2) is 0 Å². The molecule has 0 unspecified atom stereocenters. The molecule has 0 aromatic heterocycles. The van der Waals surface area contributed by atoms with Crippen LogP contribution in [0.1, 0.15) is 0 Å². The van der Waals surface area contributed by atoms with Crippen LogP contribution in [0.15, 0.2) is 22.7 Å². The summed E-state index contributed by atoms with van der Waals surface area (Å²) in [6.45, 7) is 5.65. The molecule has 2 rings (SSSR count). The van der Waals surface area contributed by atoms with Gasteiger partial charge in [-0.2, -0.15) is 0 Å². The second-order valence-corrected chi connectivity index (χ2v) is 5.33. The average molecular weight is 320 g/mol. The van der Waals surface area contributed by atoms with Gasteiger partial charge in [-0.15, -0.1) is 0 Å². The number of nitrogens with zero attached hydrogens (tertiary/aromatic N) is 1. The van der Waals surface area contributed by atoms with Gasteiger partial charge >= 0.3 is 0 Å². The summed E-state index contributed by atoms with van der Waals surface area (Å²) in [5.74, 6) is 0. The average Bonchev–Trinajstić information content (AvgIpc) is 2.35. The summed E-state index contributed by atoms with van der Waals surface area (Å²) in [6, 6.07) is 5.83. The Morgan fingerprint density at radius 3 is 2.88 bits per heavy atom. The largest absolute Gasteiger partial charge is 0.383 e. The van der Waals surface area contributed by atoms with Crippen molar-refractivity contribution in [2.75, 3.05) is 44.7 Å². The normalized spacial score (nSPS) is 17.1. The lowest BCUT2D eigenvalue weighted by Gasteiger charge is -2.26. The van der Waals surface area contributed by atoms with E-state index in [-0.39, 0.29) is 0 Å².